The summed E-state index contributed by atoms with van der Waals surface area (Å²) in [6.07, 6.45) is 1.85. The normalized spacial score (nSPS) is 15.6. The average Bonchev–Trinajstić information content (AvgIpc) is 3.17. The van der Waals surface area contributed by atoms with Gasteiger partial charge >= 0.3 is 6.61 Å². The molecule has 0 radical (unpaired) electrons. The fraction of sp³-hybridized carbons (Fsp3) is 0.167. The van der Waals surface area contributed by atoms with Crippen molar-refractivity contribution in [3.63, 3.8) is 0 Å². The molecule has 144 valence electrons. The molecular weight excluding hydrogens is 436 g/mol. The Morgan fingerprint density at radius 1 is 1.21 bits per heavy atom. The lowest BCUT2D eigenvalue weighted by Crippen LogP contribution is -2.21. The summed E-state index contributed by atoms with van der Waals surface area (Å²) >= 11 is 3.38. The Labute approximate surface area is 167 Å². The van der Waals surface area contributed by atoms with Gasteiger partial charge in [-0.3, -0.25) is 0 Å². The van der Waals surface area contributed by atoms with Gasteiger partial charge in [-0.1, -0.05) is 33.2 Å². The number of halogens is 3. The van der Waals surface area contributed by atoms with Crippen LogP contribution in [0.1, 0.15) is 17.2 Å². The molecule has 1 aromatic heterocycles. The second-order valence-electron chi connectivity index (χ2n) is 5.89. The zero-order valence-corrected chi connectivity index (χ0v) is 16.1. The van der Waals surface area contributed by atoms with E-state index in [1.54, 1.807) is 19.2 Å². The van der Waals surface area contributed by atoms with Gasteiger partial charge in [0, 0.05) is 21.3 Å². The number of methoxy groups -OCH3 is 1. The highest BCUT2D eigenvalue weighted by atomic mass is 79.9. The molecule has 2 aromatic carbocycles. The number of benzene rings is 2. The van der Waals surface area contributed by atoms with Crippen LogP contribution < -0.4 is 14.8 Å². The predicted octanol–water partition coefficient (Wildman–Crippen LogP) is 4.10. The van der Waals surface area contributed by atoms with Crippen LogP contribution in [0.5, 0.6) is 11.5 Å². The van der Waals surface area contributed by atoms with E-state index in [0.717, 1.165) is 5.56 Å². The van der Waals surface area contributed by atoms with E-state index in [4.69, 9.17) is 9.47 Å². The molecule has 3 aromatic rings. The van der Waals surface area contributed by atoms with Crippen LogP contribution in [0.25, 0.3) is 5.70 Å². The zero-order valence-electron chi connectivity index (χ0n) is 14.5. The van der Waals surface area contributed by atoms with E-state index in [-0.39, 0.29) is 5.75 Å². The monoisotopic (exact) mass is 449 g/mol. The minimum absolute atomic E-state index is 0.0489. The van der Waals surface area contributed by atoms with Gasteiger partial charge < -0.3 is 14.8 Å². The highest BCUT2D eigenvalue weighted by Gasteiger charge is 2.27. The fourth-order valence-electron chi connectivity index (χ4n) is 2.99. The first-order chi connectivity index (χ1) is 13.5. The summed E-state index contributed by atoms with van der Waals surface area (Å²) < 4.78 is 38.0. The van der Waals surface area contributed by atoms with E-state index in [1.165, 1.54) is 10.7 Å². The van der Waals surface area contributed by atoms with E-state index in [2.05, 4.69) is 36.8 Å². The van der Waals surface area contributed by atoms with E-state index in [9.17, 15) is 8.78 Å². The van der Waals surface area contributed by atoms with E-state index in [1.807, 2.05) is 30.3 Å². The summed E-state index contributed by atoms with van der Waals surface area (Å²) in [6.45, 7) is -2.95. The van der Waals surface area contributed by atoms with Crippen molar-refractivity contribution in [1.29, 1.82) is 0 Å². The van der Waals surface area contributed by atoms with E-state index in [0.29, 0.717) is 27.4 Å². The molecular formula is C18H14BrF2N5O2. The molecule has 28 heavy (non-hydrogen) atoms. The third-order valence-electron chi connectivity index (χ3n) is 4.21. The first-order valence-corrected chi connectivity index (χ1v) is 9.00. The highest BCUT2D eigenvalue weighted by molar-refractivity contribution is 9.10. The zero-order chi connectivity index (χ0) is 19.7. The van der Waals surface area contributed by atoms with Gasteiger partial charge in [-0.15, -0.1) is 0 Å². The lowest BCUT2D eigenvalue weighted by Gasteiger charge is -2.25. The fourth-order valence-corrected chi connectivity index (χ4v) is 3.37. The smallest absolute Gasteiger partial charge is 0.387 e. The van der Waals surface area contributed by atoms with Crippen molar-refractivity contribution in [1.82, 2.24) is 20.2 Å². The van der Waals surface area contributed by atoms with Gasteiger partial charge in [-0.2, -0.15) is 13.5 Å². The number of nitrogens with zero attached hydrogens (tertiary/aromatic N) is 4. The standard InChI is InChI=1S/C18H14BrF2N5O2/c1-27-12-4-2-3-10(7-12)14-9-15(26-18(22-14)23-24-25-26)13-8-11(19)5-6-16(13)28-17(20)21/h2-9,15,17H,1H3,(H,22,23,25). The molecule has 4 rings (SSSR count). The van der Waals surface area contributed by atoms with Crippen LogP contribution in [-0.4, -0.2) is 33.9 Å². The molecule has 0 spiro atoms. The van der Waals surface area contributed by atoms with E-state index >= 15 is 0 Å². The molecule has 0 amide bonds. The molecule has 1 N–H and O–H groups in total. The molecule has 0 saturated carbocycles. The van der Waals surface area contributed by atoms with Crippen molar-refractivity contribution in [2.75, 3.05) is 12.4 Å². The first kappa shape index (κ1) is 18.4. The molecule has 0 fully saturated rings. The van der Waals surface area contributed by atoms with Crippen molar-refractivity contribution in [3.05, 3.63) is 64.1 Å². The summed E-state index contributed by atoms with van der Waals surface area (Å²) in [5, 5.41) is 14.8. The van der Waals surface area contributed by atoms with Crippen molar-refractivity contribution < 1.29 is 18.3 Å². The maximum absolute atomic E-state index is 12.9. The van der Waals surface area contributed by atoms with Crippen molar-refractivity contribution in [2.45, 2.75) is 12.7 Å². The second-order valence-corrected chi connectivity index (χ2v) is 6.81. The number of rotatable bonds is 5. The van der Waals surface area contributed by atoms with Gasteiger partial charge in [-0.05, 0) is 46.8 Å². The van der Waals surface area contributed by atoms with Gasteiger partial charge in [0.2, 0.25) is 5.95 Å². The van der Waals surface area contributed by atoms with Gasteiger partial charge in [-0.25, -0.2) is 0 Å². The van der Waals surface area contributed by atoms with Crippen molar-refractivity contribution >= 4 is 27.6 Å². The Bertz CT molecular complexity index is 1040. The number of tetrazole rings is 1. The number of anilines is 1. The Kier molecular flexibility index (Phi) is 4.95. The second kappa shape index (κ2) is 7.55. The highest BCUT2D eigenvalue weighted by Crippen LogP contribution is 2.38. The quantitative estimate of drug-likeness (QED) is 0.631. The molecule has 1 aliphatic rings. The van der Waals surface area contributed by atoms with E-state index < -0.39 is 12.7 Å². The number of nitrogens with one attached hydrogen (secondary N) is 1. The summed E-state index contributed by atoms with van der Waals surface area (Å²) in [5.74, 6) is 1.12. The van der Waals surface area contributed by atoms with Crippen LogP contribution in [0.4, 0.5) is 14.7 Å². The Hall–Kier alpha value is -3.01. The van der Waals surface area contributed by atoms with Gasteiger partial charge in [0.25, 0.3) is 0 Å². The Morgan fingerprint density at radius 2 is 2.07 bits per heavy atom. The summed E-state index contributed by atoms with van der Waals surface area (Å²) in [7, 11) is 1.58. The topological polar surface area (TPSA) is 74.1 Å². The molecule has 2 heterocycles. The first-order valence-electron chi connectivity index (χ1n) is 8.20. The Balaban J connectivity index is 1.83. The lowest BCUT2D eigenvalue weighted by molar-refractivity contribution is -0.0506. The number of fused-ring (bicyclic) bond motifs is 1. The van der Waals surface area contributed by atoms with Crippen LogP contribution >= 0.6 is 15.9 Å². The molecule has 7 nitrogen and oxygen atoms in total. The summed E-state index contributed by atoms with van der Waals surface area (Å²) in [4.78, 5) is 0. The van der Waals surface area contributed by atoms with Gasteiger partial charge in [0.05, 0.1) is 7.11 Å². The predicted molar refractivity (Wildman–Crippen MR) is 101 cm³/mol. The molecule has 1 aliphatic heterocycles. The molecule has 10 heteroatoms. The summed E-state index contributed by atoms with van der Waals surface area (Å²) in [6, 6.07) is 11.7. The largest absolute Gasteiger partial charge is 0.497 e. The number of hydrogen-bond acceptors (Lipinski definition) is 6. The third-order valence-corrected chi connectivity index (χ3v) is 4.71. The summed E-state index contributed by atoms with van der Waals surface area (Å²) in [5.41, 5.74) is 2.05. The van der Waals surface area contributed by atoms with Crippen molar-refractivity contribution in [3.8, 4) is 11.5 Å². The molecule has 1 unspecified atom stereocenters. The van der Waals surface area contributed by atoms with Gasteiger partial charge in [0.1, 0.15) is 17.5 Å². The number of hydrogen-bond donors (Lipinski definition) is 1. The third kappa shape index (κ3) is 3.55. The minimum atomic E-state index is -2.95. The number of allylic oxidation sites excluding steroid dienone is 1. The maximum Gasteiger partial charge on any atom is 0.387 e. The van der Waals surface area contributed by atoms with Crippen LogP contribution in [0.2, 0.25) is 0 Å². The number of ether oxygens (including phenoxy) is 2. The lowest BCUT2D eigenvalue weighted by atomic mass is 10.0. The number of aromatic nitrogens is 4. The average molecular weight is 450 g/mol. The van der Waals surface area contributed by atoms with Crippen molar-refractivity contribution in [2.24, 2.45) is 0 Å². The van der Waals surface area contributed by atoms with Crippen LogP contribution in [0.15, 0.2) is 53.0 Å². The van der Waals surface area contributed by atoms with Crippen LogP contribution in [0, 0.1) is 0 Å². The minimum Gasteiger partial charge on any atom is -0.497 e. The SMILES string of the molecule is COc1cccc(C2=CC(c3cc(Br)ccc3OC(F)F)n3nnnc3N2)c1. The molecule has 0 aliphatic carbocycles. The van der Waals surface area contributed by atoms with Gasteiger partial charge in [0.15, 0.2) is 0 Å². The van der Waals surface area contributed by atoms with Crippen LogP contribution in [-0.2, 0) is 0 Å². The maximum atomic E-state index is 12.9. The Morgan fingerprint density at radius 3 is 2.86 bits per heavy atom. The number of alkyl halides is 2. The molecule has 0 saturated heterocycles. The molecule has 1 atom stereocenters. The molecule has 0 bridgehead atoms. The van der Waals surface area contributed by atoms with Crippen LogP contribution in [0.3, 0.4) is 0 Å².